The van der Waals surface area contributed by atoms with Crippen molar-refractivity contribution < 1.29 is 4.74 Å². The van der Waals surface area contributed by atoms with Gasteiger partial charge in [-0.3, -0.25) is 0 Å². The zero-order chi connectivity index (χ0) is 12.7. The van der Waals surface area contributed by atoms with Crippen LogP contribution in [0.3, 0.4) is 0 Å². The lowest BCUT2D eigenvalue weighted by Gasteiger charge is -2.17. The van der Waals surface area contributed by atoms with Crippen molar-refractivity contribution in [2.45, 2.75) is 24.9 Å². The van der Waals surface area contributed by atoms with Crippen molar-refractivity contribution in [1.82, 2.24) is 5.32 Å². The fourth-order valence-corrected chi connectivity index (χ4v) is 3.26. The van der Waals surface area contributed by atoms with E-state index in [0.717, 1.165) is 25.2 Å². The van der Waals surface area contributed by atoms with Gasteiger partial charge in [-0.1, -0.05) is 42.5 Å². The fourth-order valence-electron chi connectivity index (χ4n) is 3.26. The van der Waals surface area contributed by atoms with Crippen molar-refractivity contribution in [2.75, 3.05) is 6.61 Å². The van der Waals surface area contributed by atoms with Crippen LogP contribution < -0.4 is 10.1 Å². The molecule has 0 radical (unpaired) electrons. The fraction of sp³-hybridized carbons (Fsp3) is 0.294. The Labute approximate surface area is 113 Å². The van der Waals surface area contributed by atoms with Gasteiger partial charge in [0, 0.05) is 11.6 Å². The molecule has 2 aromatic rings. The van der Waals surface area contributed by atoms with Gasteiger partial charge in [0.05, 0.1) is 6.04 Å². The van der Waals surface area contributed by atoms with Gasteiger partial charge < -0.3 is 10.1 Å². The molecule has 1 heterocycles. The molecule has 0 aromatic heterocycles. The molecule has 0 bridgehead atoms. The van der Waals surface area contributed by atoms with Gasteiger partial charge in [0.25, 0.3) is 0 Å². The second-order valence-corrected chi connectivity index (χ2v) is 5.44. The molecule has 1 unspecified atom stereocenters. The second kappa shape index (κ2) is 4.39. The highest BCUT2D eigenvalue weighted by Gasteiger charge is 2.28. The molecule has 0 saturated carbocycles. The third-order valence-electron chi connectivity index (χ3n) is 4.19. The number of para-hydroxylation sites is 1. The first-order chi connectivity index (χ1) is 9.40. The van der Waals surface area contributed by atoms with Crippen molar-refractivity contribution >= 4 is 0 Å². The highest BCUT2D eigenvalue weighted by Crippen LogP contribution is 2.33. The van der Waals surface area contributed by atoms with Gasteiger partial charge in [0.15, 0.2) is 0 Å². The number of nitrogens with one attached hydrogen (secondary N) is 1. The van der Waals surface area contributed by atoms with Crippen molar-refractivity contribution in [2.24, 2.45) is 0 Å². The predicted molar refractivity (Wildman–Crippen MR) is 75.5 cm³/mol. The molecular formula is C17H17NO. The SMILES string of the molecule is c1ccc2c(c1)CC(NC1COc3ccccc31)C2. The lowest BCUT2D eigenvalue weighted by atomic mass is 10.1. The Balaban J connectivity index is 1.50. The topological polar surface area (TPSA) is 21.3 Å². The van der Waals surface area contributed by atoms with Crippen LogP contribution in [0.2, 0.25) is 0 Å². The van der Waals surface area contributed by atoms with E-state index in [9.17, 15) is 0 Å². The molecule has 2 nitrogen and oxygen atoms in total. The van der Waals surface area contributed by atoms with E-state index in [1.807, 2.05) is 6.07 Å². The Morgan fingerprint density at radius 3 is 2.37 bits per heavy atom. The number of benzene rings is 2. The molecule has 19 heavy (non-hydrogen) atoms. The van der Waals surface area contributed by atoms with Crippen molar-refractivity contribution in [3.05, 3.63) is 65.2 Å². The lowest BCUT2D eigenvalue weighted by molar-refractivity contribution is 0.298. The second-order valence-electron chi connectivity index (χ2n) is 5.44. The molecule has 1 atom stereocenters. The highest BCUT2D eigenvalue weighted by atomic mass is 16.5. The molecule has 1 N–H and O–H groups in total. The molecule has 0 spiro atoms. The molecule has 0 saturated heterocycles. The molecule has 2 heteroatoms. The number of hydrogen-bond acceptors (Lipinski definition) is 2. The molecule has 0 fully saturated rings. The maximum atomic E-state index is 5.74. The van der Waals surface area contributed by atoms with Crippen molar-refractivity contribution in [1.29, 1.82) is 0 Å². The summed E-state index contributed by atoms with van der Waals surface area (Å²) < 4.78 is 5.74. The Morgan fingerprint density at radius 1 is 0.895 bits per heavy atom. The number of ether oxygens (including phenoxy) is 1. The van der Waals surface area contributed by atoms with Crippen LogP contribution in [-0.4, -0.2) is 12.6 Å². The number of rotatable bonds is 2. The summed E-state index contributed by atoms with van der Waals surface area (Å²) in [4.78, 5) is 0. The molecule has 2 aliphatic rings. The van der Waals surface area contributed by atoms with Crippen LogP contribution in [-0.2, 0) is 12.8 Å². The predicted octanol–water partition coefficient (Wildman–Crippen LogP) is 2.88. The van der Waals surface area contributed by atoms with Crippen LogP contribution in [0.1, 0.15) is 22.7 Å². The van der Waals surface area contributed by atoms with Gasteiger partial charge in [0.1, 0.15) is 12.4 Å². The van der Waals surface area contributed by atoms with Crippen LogP contribution >= 0.6 is 0 Å². The van der Waals surface area contributed by atoms with Gasteiger partial charge in [-0.2, -0.15) is 0 Å². The normalized spacial score (nSPS) is 20.9. The van der Waals surface area contributed by atoms with Gasteiger partial charge in [-0.15, -0.1) is 0 Å². The third-order valence-corrected chi connectivity index (χ3v) is 4.19. The first kappa shape index (κ1) is 11.1. The van der Waals surface area contributed by atoms with Gasteiger partial charge in [-0.05, 0) is 30.0 Å². The van der Waals surface area contributed by atoms with E-state index < -0.39 is 0 Å². The maximum absolute atomic E-state index is 5.74. The third kappa shape index (κ3) is 1.92. The molecule has 96 valence electrons. The minimum absolute atomic E-state index is 0.343. The average molecular weight is 251 g/mol. The van der Waals surface area contributed by atoms with Crippen LogP contribution in [0.5, 0.6) is 5.75 Å². The quantitative estimate of drug-likeness (QED) is 0.886. The number of hydrogen-bond donors (Lipinski definition) is 1. The van der Waals surface area contributed by atoms with E-state index in [0.29, 0.717) is 12.1 Å². The van der Waals surface area contributed by atoms with Gasteiger partial charge >= 0.3 is 0 Å². The Bertz CT molecular complexity index is 583. The van der Waals surface area contributed by atoms with E-state index in [1.165, 1.54) is 16.7 Å². The van der Waals surface area contributed by atoms with Crippen LogP contribution in [0, 0.1) is 0 Å². The summed E-state index contributed by atoms with van der Waals surface area (Å²) in [7, 11) is 0. The van der Waals surface area contributed by atoms with E-state index in [2.05, 4.69) is 47.8 Å². The summed E-state index contributed by atoms with van der Waals surface area (Å²) in [6.45, 7) is 0.756. The smallest absolute Gasteiger partial charge is 0.124 e. The standard InChI is InChI=1S/C17H17NO/c1-2-6-13-10-14(9-12(13)5-1)18-16-11-19-17-8-4-3-7-15(16)17/h1-8,14,16,18H,9-11H2. The zero-order valence-electron chi connectivity index (χ0n) is 10.8. The lowest BCUT2D eigenvalue weighted by Crippen LogP contribution is -2.34. The first-order valence-electron chi connectivity index (χ1n) is 6.95. The summed E-state index contributed by atoms with van der Waals surface area (Å²) in [5.74, 6) is 1.04. The minimum Gasteiger partial charge on any atom is -0.491 e. The van der Waals surface area contributed by atoms with E-state index >= 15 is 0 Å². The van der Waals surface area contributed by atoms with Gasteiger partial charge in [0.2, 0.25) is 0 Å². The summed E-state index contributed by atoms with van der Waals surface area (Å²) in [6, 6.07) is 18.0. The van der Waals surface area contributed by atoms with Crippen LogP contribution in [0.15, 0.2) is 48.5 Å². The average Bonchev–Trinajstić information content (AvgIpc) is 3.03. The van der Waals surface area contributed by atoms with Crippen molar-refractivity contribution in [3.63, 3.8) is 0 Å². The first-order valence-corrected chi connectivity index (χ1v) is 6.95. The van der Waals surface area contributed by atoms with Crippen LogP contribution in [0.25, 0.3) is 0 Å². The Kier molecular flexibility index (Phi) is 2.56. The summed E-state index contributed by atoms with van der Waals surface area (Å²) >= 11 is 0. The maximum Gasteiger partial charge on any atom is 0.124 e. The monoisotopic (exact) mass is 251 g/mol. The number of fused-ring (bicyclic) bond motifs is 2. The summed E-state index contributed by atoms with van der Waals surface area (Å²) in [6.07, 6.45) is 2.27. The molecule has 4 rings (SSSR count). The Morgan fingerprint density at radius 2 is 1.58 bits per heavy atom. The molecular weight excluding hydrogens is 234 g/mol. The van der Waals surface area contributed by atoms with E-state index in [-0.39, 0.29) is 0 Å². The van der Waals surface area contributed by atoms with Crippen molar-refractivity contribution in [3.8, 4) is 5.75 Å². The van der Waals surface area contributed by atoms with Crippen LogP contribution in [0.4, 0.5) is 0 Å². The van der Waals surface area contributed by atoms with E-state index in [1.54, 1.807) is 0 Å². The highest BCUT2D eigenvalue weighted by molar-refractivity contribution is 5.40. The molecule has 1 aliphatic carbocycles. The Hall–Kier alpha value is -1.80. The largest absolute Gasteiger partial charge is 0.491 e. The van der Waals surface area contributed by atoms with Gasteiger partial charge in [-0.25, -0.2) is 0 Å². The van der Waals surface area contributed by atoms with E-state index in [4.69, 9.17) is 4.74 Å². The summed E-state index contributed by atoms with van der Waals surface area (Å²) in [5, 5.41) is 3.76. The minimum atomic E-state index is 0.343. The molecule has 0 amide bonds. The molecule has 2 aromatic carbocycles. The summed E-state index contributed by atoms with van der Waals surface area (Å²) in [5.41, 5.74) is 4.29. The zero-order valence-corrected chi connectivity index (χ0v) is 10.8. The molecule has 1 aliphatic heterocycles.